The van der Waals surface area contributed by atoms with Crippen LogP contribution in [0.5, 0.6) is 0 Å². The highest BCUT2D eigenvalue weighted by atomic mass is 14.0. The number of aryl methyl sites for hydroxylation is 2. The summed E-state index contributed by atoms with van der Waals surface area (Å²) in [6, 6.07) is 8.94. The fraction of sp³-hybridized carbons (Fsp3) is 0.625. The molecule has 1 rings (SSSR count). The van der Waals surface area contributed by atoms with Crippen molar-refractivity contribution in [1.29, 1.82) is 0 Å². The Hall–Kier alpha value is -0.780. The molecule has 0 spiro atoms. The Bertz CT molecular complexity index is 233. The van der Waals surface area contributed by atoms with Gasteiger partial charge in [0.05, 0.1) is 0 Å². The first-order valence-electron chi connectivity index (χ1n) is 6.88. The maximum absolute atomic E-state index is 2.26. The average Bonchev–Trinajstić information content (AvgIpc) is 2.34. The molecule has 0 aliphatic carbocycles. The van der Waals surface area contributed by atoms with Crippen LogP contribution < -0.4 is 0 Å². The number of hydrogen-bond donors (Lipinski definition) is 0. The lowest BCUT2D eigenvalue weighted by Gasteiger charge is -2.01. The molecule has 0 N–H and O–H groups in total. The summed E-state index contributed by atoms with van der Waals surface area (Å²) in [4.78, 5) is 0. The number of unbranched alkanes of at least 4 members (excludes halogenated alkanes) is 4. The van der Waals surface area contributed by atoms with Crippen LogP contribution in [0, 0.1) is 6.92 Å². The van der Waals surface area contributed by atoms with Crippen LogP contribution in [0.3, 0.4) is 0 Å². The summed E-state index contributed by atoms with van der Waals surface area (Å²) < 4.78 is 0. The highest BCUT2D eigenvalue weighted by Gasteiger charge is 1.93. The van der Waals surface area contributed by atoms with E-state index in [4.69, 9.17) is 0 Å². The highest BCUT2D eigenvalue weighted by molar-refractivity contribution is 5.21. The monoisotopic (exact) mass is 220 g/mol. The summed E-state index contributed by atoms with van der Waals surface area (Å²) >= 11 is 0. The SMILES string of the molecule is CC.CCCCCCCc1ccc(C)cc1. The molecule has 0 heterocycles. The van der Waals surface area contributed by atoms with Crippen LogP contribution in [-0.2, 0) is 6.42 Å². The van der Waals surface area contributed by atoms with E-state index in [0.717, 1.165) is 0 Å². The molecular weight excluding hydrogens is 192 g/mol. The first-order valence-corrected chi connectivity index (χ1v) is 6.88. The number of hydrogen-bond acceptors (Lipinski definition) is 0. The third-order valence-corrected chi connectivity index (χ3v) is 2.69. The molecule has 0 amide bonds. The lowest BCUT2D eigenvalue weighted by molar-refractivity contribution is 0.632. The lowest BCUT2D eigenvalue weighted by atomic mass is 10.0. The van der Waals surface area contributed by atoms with Gasteiger partial charge in [0.1, 0.15) is 0 Å². The molecule has 0 aromatic heterocycles. The van der Waals surface area contributed by atoms with Gasteiger partial charge in [-0.25, -0.2) is 0 Å². The van der Waals surface area contributed by atoms with E-state index < -0.39 is 0 Å². The minimum atomic E-state index is 1.25. The second kappa shape index (κ2) is 10.7. The van der Waals surface area contributed by atoms with Crippen molar-refractivity contribution in [2.45, 2.75) is 66.2 Å². The molecule has 0 aliphatic heterocycles. The van der Waals surface area contributed by atoms with Crippen LogP contribution in [0.25, 0.3) is 0 Å². The van der Waals surface area contributed by atoms with Gasteiger partial charge >= 0.3 is 0 Å². The maximum atomic E-state index is 2.26. The Balaban J connectivity index is 0.00000106. The van der Waals surface area contributed by atoms with Crippen LogP contribution >= 0.6 is 0 Å². The molecule has 92 valence electrons. The van der Waals surface area contributed by atoms with Gasteiger partial charge in [-0.1, -0.05) is 76.3 Å². The van der Waals surface area contributed by atoms with Crippen LogP contribution in [0.4, 0.5) is 0 Å². The summed E-state index contributed by atoms with van der Waals surface area (Å²) in [5.41, 5.74) is 2.85. The van der Waals surface area contributed by atoms with Gasteiger partial charge in [0.2, 0.25) is 0 Å². The Morgan fingerprint density at radius 1 is 0.812 bits per heavy atom. The predicted octanol–water partition coefficient (Wildman–Crippen LogP) is 5.53. The lowest BCUT2D eigenvalue weighted by Crippen LogP contribution is -1.86. The number of rotatable bonds is 6. The van der Waals surface area contributed by atoms with Crippen molar-refractivity contribution in [3.8, 4) is 0 Å². The molecule has 0 fully saturated rings. The van der Waals surface area contributed by atoms with Gasteiger partial charge < -0.3 is 0 Å². The molecule has 0 saturated heterocycles. The van der Waals surface area contributed by atoms with Crippen LogP contribution in [-0.4, -0.2) is 0 Å². The Morgan fingerprint density at radius 2 is 1.38 bits per heavy atom. The van der Waals surface area contributed by atoms with Crippen LogP contribution in [0.2, 0.25) is 0 Å². The molecule has 0 nitrogen and oxygen atoms in total. The van der Waals surface area contributed by atoms with Crippen LogP contribution in [0.1, 0.15) is 64.0 Å². The van der Waals surface area contributed by atoms with Crippen molar-refractivity contribution in [1.82, 2.24) is 0 Å². The Labute approximate surface area is 102 Å². The topological polar surface area (TPSA) is 0 Å². The third-order valence-electron chi connectivity index (χ3n) is 2.69. The van der Waals surface area contributed by atoms with Gasteiger partial charge in [-0.15, -0.1) is 0 Å². The van der Waals surface area contributed by atoms with Crippen molar-refractivity contribution in [2.75, 3.05) is 0 Å². The molecule has 1 aromatic rings. The predicted molar refractivity (Wildman–Crippen MR) is 75.0 cm³/mol. The molecule has 0 atom stereocenters. The van der Waals surface area contributed by atoms with Gasteiger partial charge in [-0.2, -0.15) is 0 Å². The van der Waals surface area contributed by atoms with Gasteiger partial charge in [-0.3, -0.25) is 0 Å². The van der Waals surface area contributed by atoms with E-state index >= 15 is 0 Å². The summed E-state index contributed by atoms with van der Waals surface area (Å²) in [5, 5.41) is 0. The second-order valence-corrected chi connectivity index (χ2v) is 4.15. The Kier molecular flexibility index (Phi) is 10.2. The summed E-state index contributed by atoms with van der Waals surface area (Å²) in [6.07, 6.45) is 8.13. The highest BCUT2D eigenvalue weighted by Crippen LogP contribution is 2.09. The maximum Gasteiger partial charge on any atom is -0.0279 e. The molecule has 0 heteroatoms. The van der Waals surface area contributed by atoms with Crippen LogP contribution in [0.15, 0.2) is 24.3 Å². The first-order chi connectivity index (χ1) is 7.83. The molecule has 16 heavy (non-hydrogen) atoms. The van der Waals surface area contributed by atoms with Gasteiger partial charge in [0.25, 0.3) is 0 Å². The van der Waals surface area contributed by atoms with E-state index in [9.17, 15) is 0 Å². The number of benzene rings is 1. The van der Waals surface area contributed by atoms with E-state index in [1.807, 2.05) is 13.8 Å². The summed E-state index contributed by atoms with van der Waals surface area (Å²) in [6.45, 7) is 8.41. The first kappa shape index (κ1) is 15.2. The van der Waals surface area contributed by atoms with Crippen molar-refractivity contribution in [3.05, 3.63) is 35.4 Å². The van der Waals surface area contributed by atoms with Gasteiger partial charge in [-0.05, 0) is 25.3 Å². The fourth-order valence-electron chi connectivity index (χ4n) is 1.69. The molecule has 0 radical (unpaired) electrons. The molecule has 0 aliphatic rings. The molecule has 0 saturated carbocycles. The molecular formula is C16H28. The zero-order valence-electron chi connectivity index (χ0n) is 11.6. The normalized spacial score (nSPS) is 9.50. The average molecular weight is 220 g/mol. The summed E-state index contributed by atoms with van der Waals surface area (Å²) in [5.74, 6) is 0. The van der Waals surface area contributed by atoms with E-state index in [1.165, 1.54) is 49.7 Å². The van der Waals surface area contributed by atoms with E-state index in [1.54, 1.807) is 0 Å². The zero-order valence-corrected chi connectivity index (χ0v) is 11.6. The van der Waals surface area contributed by atoms with Crippen molar-refractivity contribution in [3.63, 3.8) is 0 Å². The van der Waals surface area contributed by atoms with Crippen molar-refractivity contribution >= 4 is 0 Å². The molecule has 0 bridgehead atoms. The largest absolute Gasteiger partial charge is 0.0683 e. The van der Waals surface area contributed by atoms with Gasteiger partial charge in [0, 0.05) is 0 Å². The molecule has 1 aromatic carbocycles. The molecule has 0 unspecified atom stereocenters. The minimum absolute atomic E-state index is 1.25. The second-order valence-electron chi connectivity index (χ2n) is 4.15. The van der Waals surface area contributed by atoms with E-state index in [2.05, 4.69) is 38.1 Å². The fourth-order valence-corrected chi connectivity index (χ4v) is 1.69. The smallest absolute Gasteiger partial charge is 0.0279 e. The summed E-state index contributed by atoms with van der Waals surface area (Å²) in [7, 11) is 0. The van der Waals surface area contributed by atoms with Crippen molar-refractivity contribution < 1.29 is 0 Å². The quantitative estimate of drug-likeness (QED) is 0.553. The zero-order chi connectivity index (χ0) is 12.2. The van der Waals surface area contributed by atoms with E-state index in [-0.39, 0.29) is 0 Å². The van der Waals surface area contributed by atoms with Gasteiger partial charge in [0.15, 0.2) is 0 Å². The third kappa shape index (κ3) is 7.50. The van der Waals surface area contributed by atoms with E-state index in [0.29, 0.717) is 0 Å². The van der Waals surface area contributed by atoms with Crippen molar-refractivity contribution in [2.24, 2.45) is 0 Å². The minimum Gasteiger partial charge on any atom is -0.0683 e. The Morgan fingerprint density at radius 3 is 1.94 bits per heavy atom. The standard InChI is InChI=1S/C14H22.C2H6/c1-3-4-5-6-7-8-14-11-9-13(2)10-12-14;1-2/h9-12H,3-8H2,1-2H3;1-2H3.